The lowest BCUT2D eigenvalue weighted by Gasteiger charge is -2.11. The minimum atomic E-state index is -0.366. The summed E-state index contributed by atoms with van der Waals surface area (Å²) in [7, 11) is 1.50. The maximum Gasteiger partial charge on any atom is 0.255 e. The predicted molar refractivity (Wildman–Crippen MR) is 84.4 cm³/mol. The average molecular weight is 326 g/mol. The number of anilines is 2. The van der Waals surface area contributed by atoms with Crippen molar-refractivity contribution in [3.05, 3.63) is 45.7 Å². The molecule has 2 aromatic rings. The van der Waals surface area contributed by atoms with Crippen LogP contribution < -0.4 is 15.8 Å². The number of nitrogens with one attached hydrogen (secondary N) is 1. The zero-order chi connectivity index (χ0) is 15.6. The Morgan fingerprint density at radius 2 is 2.00 bits per heavy atom. The second-order valence-corrected chi connectivity index (χ2v) is 5.12. The first kappa shape index (κ1) is 15.4. The van der Waals surface area contributed by atoms with E-state index in [1.807, 2.05) is 0 Å². The molecule has 0 atom stereocenters. The highest BCUT2D eigenvalue weighted by atomic mass is 35.5. The fourth-order valence-electron chi connectivity index (χ4n) is 1.80. The second kappa shape index (κ2) is 6.20. The van der Waals surface area contributed by atoms with Crippen molar-refractivity contribution in [2.24, 2.45) is 0 Å². The van der Waals surface area contributed by atoms with E-state index in [9.17, 15) is 4.79 Å². The molecule has 0 bridgehead atoms. The number of rotatable bonds is 3. The van der Waals surface area contributed by atoms with Crippen molar-refractivity contribution in [2.75, 3.05) is 18.2 Å². The smallest absolute Gasteiger partial charge is 0.255 e. The lowest BCUT2D eigenvalue weighted by molar-refractivity contribution is 0.102. The van der Waals surface area contributed by atoms with Gasteiger partial charge in [0.05, 0.1) is 12.8 Å². The quantitative estimate of drug-likeness (QED) is 0.668. The number of nitrogen functional groups attached to an aromatic ring is 1. The summed E-state index contributed by atoms with van der Waals surface area (Å²) in [6, 6.07) is 6.37. The van der Waals surface area contributed by atoms with E-state index < -0.39 is 0 Å². The minimum Gasteiger partial charge on any atom is -0.497 e. The first-order chi connectivity index (χ1) is 9.90. The molecule has 0 unspecified atom stereocenters. The molecule has 0 aliphatic heterocycles. The van der Waals surface area contributed by atoms with Gasteiger partial charge in [0.15, 0.2) is 5.15 Å². The lowest BCUT2D eigenvalue weighted by atomic mass is 10.1. The molecule has 0 aliphatic rings. The van der Waals surface area contributed by atoms with Crippen molar-refractivity contribution in [3.63, 3.8) is 0 Å². The number of methoxy groups -OCH3 is 1. The molecule has 1 aromatic heterocycles. The summed E-state index contributed by atoms with van der Waals surface area (Å²) < 4.78 is 5.08. The van der Waals surface area contributed by atoms with Gasteiger partial charge < -0.3 is 15.8 Å². The number of nitrogens with zero attached hydrogens (tertiary/aromatic N) is 1. The molecular weight excluding hydrogens is 313 g/mol. The molecular formula is C14H13Cl2N3O2. The number of pyridine rings is 1. The number of nitrogens with two attached hydrogens (primary N) is 1. The maximum absolute atomic E-state index is 12.3. The third-order valence-electron chi connectivity index (χ3n) is 2.81. The molecule has 1 heterocycles. The predicted octanol–water partition coefficient (Wildman–Crippen LogP) is 3.54. The van der Waals surface area contributed by atoms with E-state index in [-0.39, 0.29) is 16.2 Å². The van der Waals surface area contributed by atoms with Crippen LogP contribution in [0.2, 0.25) is 10.3 Å². The number of carbonyl (C=O) groups excluding carboxylic acids is 1. The Kier molecular flexibility index (Phi) is 4.55. The van der Waals surface area contributed by atoms with Gasteiger partial charge in [-0.15, -0.1) is 0 Å². The molecule has 0 aliphatic carbocycles. The van der Waals surface area contributed by atoms with Gasteiger partial charge in [0, 0.05) is 17.3 Å². The summed E-state index contributed by atoms with van der Waals surface area (Å²) >= 11 is 11.8. The van der Waals surface area contributed by atoms with Crippen LogP contribution in [0.25, 0.3) is 0 Å². The van der Waals surface area contributed by atoms with Crippen molar-refractivity contribution in [1.29, 1.82) is 0 Å². The number of benzene rings is 1. The maximum atomic E-state index is 12.3. The summed E-state index contributed by atoms with van der Waals surface area (Å²) in [6.45, 7) is 1.77. The fraction of sp³-hybridized carbons (Fsp3) is 0.143. The first-order valence-corrected chi connectivity index (χ1v) is 6.75. The van der Waals surface area contributed by atoms with Crippen molar-refractivity contribution in [3.8, 4) is 5.75 Å². The number of amides is 1. The first-order valence-electron chi connectivity index (χ1n) is 5.99. The van der Waals surface area contributed by atoms with Crippen LogP contribution in [0.3, 0.4) is 0 Å². The number of hydrogen-bond donors (Lipinski definition) is 2. The van der Waals surface area contributed by atoms with Gasteiger partial charge in [0.25, 0.3) is 5.91 Å². The van der Waals surface area contributed by atoms with Gasteiger partial charge in [-0.05, 0) is 30.7 Å². The molecule has 5 nitrogen and oxygen atoms in total. The van der Waals surface area contributed by atoms with Crippen LogP contribution >= 0.6 is 23.2 Å². The average Bonchev–Trinajstić information content (AvgIpc) is 2.41. The summed E-state index contributed by atoms with van der Waals surface area (Å²) in [5.74, 6) is 0.131. The van der Waals surface area contributed by atoms with Crippen LogP contribution in [-0.2, 0) is 0 Å². The molecule has 2 rings (SSSR count). The molecule has 0 radical (unpaired) electrons. The summed E-state index contributed by atoms with van der Waals surface area (Å²) in [5, 5.41) is 3.09. The van der Waals surface area contributed by atoms with Gasteiger partial charge in [0.2, 0.25) is 0 Å². The Bertz CT molecular complexity index is 682. The van der Waals surface area contributed by atoms with Crippen molar-refractivity contribution < 1.29 is 9.53 Å². The van der Waals surface area contributed by atoms with Crippen LogP contribution in [0.4, 0.5) is 11.4 Å². The number of halogens is 2. The lowest BCUT2D eigenvalue weighted by Crippen LogP contribution is -2.14. The van der Waals surface area contributed by atoms with E-state index in [4.69, 9.17) is 33.7 Å². The Morgan fingerprint density at radius 1 is 1.29 bits per heavy atom. The molecule has 1 amide bonds. The number of ether oxygens (including phenoxy) is 1. The van der Waals surface area contributed by atoms with Crippen LogP contribution in [0.5, 0.6) is 5.75 Å². The van der Waals surface area contributed by atoms with E-state index in [0.29, 0.717) is 28.3 Å². The zero-order valence-corrected chi connectivity index (χ0v) is 12.9. The Hall–Kier alpha value is -1.98. The normalized spacial score (nSPS) is 10.3. The summed E-state index contributed by atoms with van der Waals surface area (Å²) in [5.41, 5.74) is 7.64. The number of carbonyl (C=O) groups is 1. The Balaban J connectivity index is 2.32. The third-order valence-corrected chi connectivity index (χ3v) is 3.27. The van der Waals surface area contributed by atoms with E-state index in [2.05, 4.69) is 10.3 Å². The van der Waals surface area contributed by atoms with E-state index in [0.717, 1.165) is 0 Å². The molecule has 3 N–H and O–H groups in total. The molecule has 0 saturated heterocycles. The highest BCUT2D eigenvalue weighted by Gasteiger charge is 2.14. The van der Waals surface area contributed by atoms with Gasteiger partial charge in [-0.2, -0.15) is 0 Å². The van der Waals surface area contributed by atoms with E-state index in [1.54, 1.807) is 31.2 Å². The van der Waals surface area contributed by atoms with Gasteiger partial charge in [-0.25, -0.2) is 4.98 Å². The SMILES string of the molecule is COc1cc(N)cc(C(=O)Nc2c(C)cc(Cl)nc2Cl)c1. The fourth-order valence-corrected chi connectivity index (χ4v) is 2.38. The number of aromatic nitrogens is 1. The molecule has 0 fully saturated rings. The third kappa shape index (κ3) is 3.56. The van der Waals surface area contributed by atoms with Gasteiger partial charge >= 0.3 is 0 Å². The topological polar surface area (TPSA) is 77.2 Å². The molecule has 7 heteroatoms. The van der Waals surface area contributed by atoms with Gasteiger partial charge in [-0.1, -0.05) is 23.2 Å². The zero-order valence-electron chi connectivity index (χ0n) is 11.4. The van der Waals surface area contributed by atoms with Gasteiger partial charge in [-0.3, -0.25) is 4.79 Å². The monoisotopic (exact) mass is 325 g/mol. The van der Waals surface area contributed by atoms with Crippen LogP contribution in [-0.4, -0.2) is 18.0 Å². The standard InChI is InChI=1S/C14H13Cl2N3O2/c1-7-3-11(15)18-13(16)12(7)19-14(20)8-4-9(17)6-10(5-8)21-2/h3-6H,17H2,1-2H3,(H,19,20). The highest BCUT2D eigenvalue weighted by Crippen LogP contribution is 2.27. The van der Waals surface area contributed by atoms with Crippen molar-refractivity contribution >= 4 is 40.5 Å². The Labute approximate surface area is 132 Å². The summed E-state index contributed by atoms with van der Waals surface area (Å²) in [4.78, 5) is 16.2. The summed E-state index contributed by atoms with van der Waals surface area (Å²) in [6.07, 6.45) is 0. The van der Waals surface area contributed by atoms with Crippen LogP contribution in [0.1, 0.15) is 15.9 Å². The minimum absolute atomic E-state index is 0.129. The number of aryl methyl sites for hydroxylation is 1. The molecule has 110 valence electrons. The largest absolute Gasteiger partial charge is 0.497 e. The molecule has 1 aromatic carbocycles. The second-order valence-electron chi connectivity index (χ2n) is 4.38. The van der Waals surface area contributed by atoms with Gasteiger partial charge in [0.1, 0.15) is 10.9 Å². The van der Waals surface area contributed by atoms with Crippen LogP contribution in [0.15, 0.2) is 24.3 Å². The van der Waals surface area contributed by atoms with Crippen LogP contribution in [0, 0.1) is 6.92 Å². The van der Waals surface area contributed by atoms with Crippen molar-refractivity contribution in [1.82, 2.24) is 4.98 Å². The molecule has 0 saturated carbocycles. The highest BCUT2D eigenvalue weighted by molar-refractivity contribution is 6.35. The van der Waals surface area contributed by atoms with E-state index in [1.165, 1.54) is 7.11 Å². The van der Waals surface area contributed by atoms with E-state index >= 15 is 0 Å². The number of hydrogen-bond acceptors (Lipinski definition) is 4. The van der Waals surface area contributed by atoms with Crippen molar-refractivity contribution in [2.45, 2.75) is 6.92 Å². The molecule has 21 heavy (non-hydrogen) atoms. The Morgan fingerprint density at radius 3 is 2.62 bits per heavy atom. The molecule has 0 spiro atoms.